The molecule has 0 aliphatic carbocycles. The van der Waals surface area contributed by atoms with Gasteiger partial charge >= 0.3 is 0 Å². The number of aliphatic hydroxyl groups excluding tert-OH is 1. The molecule has 4 rings (SSSR count). The number of hydrogen-bond acceptors (Lipinski definition) is 6. The normalized spacial score (nSPS) is 16.6. The summed E-state index contributed by atoms with van der Waals surface area (Å²) in [6.45, 7) is 9.06. The van der Waals surface area contributed by atoms with Gasteiger partial charge in [-0.25, -0.2) is 8.78 Å². The summed E-state index contributed by atoms with van der Waals surface area (Å²) in [5.41, 5.74) is 4.71. The number of benzene rings is 3. The van der Waals surface area contributed by atoms with Gasteiger partial charge in [0.2, 0.25) is 0 Å². The first kappa shape index (κ1) is 37.5. The van der Waals surface area contributed by atoms with E-state index in [1.54, 1.807) is 23.1 Å². The average molecular weight is 686 g/mol. The Hall–Kier alpha value is -3.35. The van der Waals surface area contributed by atoms with Crippen molar-refractivity contribution in [3.05, 3.63) is 105 Å². The first-order valence-electron chi connectivity index (χ1n) is 16.7. The Morgan fingerprint density at radius 3 is 2.10 bits per heavy atom. The summed E-state index contributed by atoms with van der Waals surface area (Å²) >= 11 is 0. The molecule has 0 fully saturated rings. The number of aryl methyl sites for hydroxylation is 2. The van der Waals surface area contributed by atoms with Crippen LogP contribution >= 0.6 is 10.6 Å². The quantitative estimate of drug-likeness (QED) is 0.141. The maximum absolute atomic E-state index is 14.1. The molecule has 0 aromatic heterocycles. The molecule has 0 unspecified atom stereocenters. The third-order valence-corrected chi connectivity index (χ3v) is 10.2. The van der Waals surface area contributed by atoms with E-state index < -0.39 is 40.3 Å². The highest BCUT2D eigenvalue weighted by atomic mass is 32.3. The van der Waals surface area contributed by atoms with Crippen molar-refractivity contribution in [1.82, 2.24) is 15.1 Å². The van der Waals surface area contributed by atoms with E-state index in [4.69, 9.17) is 0 Å². The van der Waals surface area contributed by atoms with Crippen molar-refractivity contribution in [3.63, 3.8) is 0 Å². The van der Waals surface area contributed by atoms with Gasteiger partial charge in [0, 0.05) is 49.9 Å². The molecule has 0 radical (unpaired) electrons. The summed E-state index contributed by atoms with van der Waals surface area (Å²) in [5.74, 6) is -1.73. The van der Waals surface area contributed by atoms with Gasteiger partial charge in [0.15, 0.2) is 0 Å². The highest BCUT2D eigenvalue weighted by Gasteiger charge is 2.31. The summed E-state index contributed by atoms with van der Waals surface area (Å²) in [6.07, 6.45) is 1.50. The van der Waals surface area contributed by atoms with Crippen LogP contribution in [0.2, 0.25) is 0 Å². The first-order chi connectivity index (χ1) is 22.8. The standard InChI is InChI=1S/C37H49F2N3O5S/c1-5-11-41(12-6-2)36(44)29-14-25(4)15-30(19-29)37(45)42(13-10-27-16-31(38)20-32(39)17-27)22-33(43)21-40-35-24-48(46,47)23-28-9-8-26(7-3)18-34(28)35/h8-9,14-20,33,35,40,43,46-47H,5-7,10-13,21-24H2,1-4H3/t33-,35+/m1/s1. The predicted octanol–water partition coefficient (Wildman–Crippen LogP) is 6.74. The number of carbonyl (C=O) groups is 2. The minimum absolute atomic E-state index is 0.0505. The zero-order chi connectivity index (χ0) is 35.0. The van der Waals surface area contributed by atoms with Crippen molar-refractivity contribution in [2.24, 2.45) is 0 Å². The summed E-state index contributed by atoms with van der Waals surface area (Å²) in [6, 6.07) is 13.8. The Bertz CT molecular complexity index is 1560. The van der Waals surface area contributed by atoms with Crippen molar-refractivity contribution in [2.45, 2.75) is 71.3 Å². The van der Waals surface area contributed by atoms with E-state index in [1.165, 1.54) is 17.0 Å². The molecule has 1 aliphatic rings. The molecule has 262 valence electrons. The molecule has 0 saturated heterocycles. The number of nitrogens with zero attached hydrogens (tertiary/aromatic N) is 2. The van der Waals surface area contributed by atoms with Crippen molar-refractivity contribution < 1.29 is 32.6 Å². The van der Waals surface area contributed by atoms with Gasteiger partial charge in [-0.15, -0.1) is 0 Å². The zero-order valence-electron chi connectivity index (χ0n) is 28.3. The van der Waals surface area contributed by atoms with Crippen molar-refractivity contribution >= 4 is 22.4 Å². The molecule has 1 aliphatic heterocycles. The number of fused-ring (bicyclic) bond motifs is 1. The maximum atomic E-state index is 14.1. The van der Waals surface area contributed by atoms with E-state index in [9.17, 15) is 32.6 Å². The molecule has 3 aromatic carbocycles. The summed E-state index contributed by atoms with van der Waals surface area (Å²) < 4.78 is 49.2. The van der Waals surface area contributed by atoms with Gasteiger partial charge in [-0.2, -0.15) is 10.6 Å². The van der Waals surface area contributed by atoms with Gasteiger partial charge in [-0.05, 0) is 90.8 Å². The molecule has 2 amide bonds. The van der Waals surface area contributed by atoms with E-state index in [2.05, 4.69) is 11.4 Å². The lowest BCUT2D eigenvalue weighted by Crippen LogP contribution is -2.44. The van der Waals surface area contributed by atoms with Crippen LogP contribution in [0.5, 0.6) is 0 Å². The van der Waals surface area contributed by atoms with E-state index in [0.29, 0.717) is 24.2 Å². The molecule has 4 N–H and O–H groups in total. The number of carbonyl (C=O) groups excluding carboxylic acids is 2. The second-order valence-electron chi connectivity index (χ2n) is 12.8. The highest BCUT2D eigenvalue weighted by molar-refractivity contribution is 8.23. The summed E-state index contributed by atoms with van der Waals surface area (Å²) in [7, 11) is -2.86. The smallest absolute Gasteiger partial charge is 0.253 e. The molecular formula is C37H49F2N3O5S. The monoisotopic (exact) mass is 685 g/mol. The molecule has 8 nitrogen and oxygen atoms in total. The van der Waals surface area contributed by atoms with E-state index in [0.717, 1.165) is 47.6 Å². The van der Waals surface area contributed by atoms with Crippen LogP contribution in [0.4, 0.5) is 8.78 Å². The maximum Gasteiger partial charge on any atom is 0.253 e. The molecule has 2 atom stereocenters. The van der Waals surface area contributed by atoms with Gasteiger partial charge in [0.25, 0.3) is 11.8 Å². The van der Waals surface area contributed by atoms with Crippen LogP contribution in [0, 0.1) is 18.6 Å². The second kappa shape index (κ2) is 16.8. The highest BCUT2D eigenvalue weighted by Crippen LogP contribution is 2.50. The molecule has 11 heteroatoms. The minimum Gasteiger partial charge on any atom is -0.390 e. The van der Waals surface area contributed by atoms with Crippen LogP contribution in [-0.4, -0.2) is 80.4 Å². The summed E-state index contributed by atoms with van der Waals surface area (Å²) in [5, 5.41) is 14.5. The number of halogens is 2. The van der Waals surface area contributed by atoms with E-state index in [-0.39, 0.29) is 49.0 Å². The number of amides is 2. The van der Waals surface area contributed by atoms with Crippen molar-refractivity contribution in [3.8, 4) is 0 Å². The van der Waals surface area contributed by atoms with Crippen LogP contribution < -0.4 is 5.32 Å². The van der Waals surface area contributed by atoms with Crippen molar-refractivity contribution in [2.75, 3.05) is 38.5 Å². The lowest BCUT2D eigenvalue weighted by molar-refractivity contribution is 0.0621. The van der Waals surface area contributed by atoms with Crippen LogP contribution in [0.25, 0.3) is 0 Å². The molecule has 48 heavy (non-hydrogen) atoms. The van der Waals surface area contributed by atoms with Gasteiger partial charge in [0.1, 0.15) is 11.6 Å². The van der Waals surface area contributed by atoms with E-state index in [1.807, 2.05) is 39.8 Å². The van der Waals surface area contributed by atoms with Crippen LogP contribution in [0.15, 0.2) is 54.6 Å². The van der Waals surface area contributed by atoms with Crippen molar-refractivity contribution in [1.29, 1.82) is 0 Å². The Morgan fingerprint density at radius 2 is 1.50 bits per heavy atom. The fourth-order valence-electron chi connectivity index (χ4n) is 6.30. The van der Waals surface area contributed by atoms with Crippen LogP contribution in [-0.2, 0) is 18.6 Å². The third-order valence-electron chi connectivity index (χ3n) is 8.57. The fraction of sp³-hybridized carbons (Fsp3) is 0.459. The first-order valence-corrected chi connectivity index (χ1v) is 18.6. The number of hydrogen-bond donors (Lipinski definition) is 4. The fourth-order valence-corrected chi connectivity index (χ4v) is 8.01. The largest absolute Gasteiger partial charge is 0.390 e. The SMILES string of the molecule is CCCN(CCC)C(=O)c1cc(C)cc(C(=O)N(CCc2cc(F)cc(F)c2)C[C@H](O)CN[C@H]2CS(O)(O)Cc3ccc(CC)cc32)c1. The second-order valence-corrected chi connectivity index (χ2v) is 15.0. The summed E-state index contributed by atoms with van der Waals surface area (Å²) in [4.78, 5) is 30.7. The van der Waals surface area contributed by atoms with Crippen LogP contribution in [0.3, 0.4) is 0 Å². The lowest BCUT2D eigenvalue weighted by Gasteiger charge is -2.42. The third kappa shape index (κ3) is 10.1. The zero-order valence-corrected chi connectivity index (χ0v) is 29.2. The molecule has 0 saturated carbocycles. The Morgan fingerprint density at radius 1 is 0.875 bits per heavy atom. The number of nitrogens with one attached hydrogen (secondary N) is 1. The number of aliphatic hydroxyl groups is 1. The topological polar surface area (TPSA) is 113 Å². The molecule has 0 bridgehead atoms. The minimum atomic E-state index is -2.86. The number of rotatable bonds is 15. The predicted molar refractivity (Wildman–Crippen MR) is 188 cm³/mol. The van der Waals surface area contributed by atoms with Gasteiger partial charge < -0.3 is 20.2 Å². The van der Waals surface area contributed by atoms with Gasteiger partial charge in [-0.3, -0.25) is 18.7 Å². The molecular weight excluding hydrogens is 636 g/mol. The van der Waals surface area contributed by atoms with Gasteiger partial charge in [0.05, 0.1) is 23.7 Å². The molecule has 1 heterocycles. The lowest BCUT2D eigenvalue weighted by atomic mass is 9.98. The molecule has 3 aromatic rings. The molecule has 0 spiro atoms. The van der Waals surface area contributed by atoms with Crippen LogP contribution in [0.1, 0.15) is 88.2 Å². The van der Waals surface area contributed by atoms with Gasteiger partial charge in [-0.1, -0.05) is 39.0 Å². The Balaban J connectivity index is 1.56. The average Bonchev–Trinajstić information content (AvgIpc) is 3.03. The Labute approximate surface area is 284 Å². The Kier molecular flexibility index (Phi) is 13.2. The van der Waals surface area contributed by atoms with E-state index >= 15 is 0 Å².